The maximum Gasteiger partial charge on any atom is 0.303 e. The van der Waals surface area contributed by atoms with E-state index in [0.29, 0.717) is 5.92 Å². The number of rotatable bonds is 5. The zero-order chi connectivity index (χ0) is 9.68. The number of hydrogen-bond donors (Lipinski definition) is 2. The van der Waals surface area contributed by atoms with Crippen LogP contribution < -0.4 is 5.32 Å². The molecule has 0 aromatic heterocycles. The standard InChI is InChI=1S/C9H15NO3/c11-8(4-5-9(12)13)10-6-7-2-1-3-7/h7H,1-6H2,(H,10,11)(H,12,13). The Morgan fingerprint density at radius 1 is 1.31 bits per heavy atom. The summed E-state index contributed by atoms with van der Waals surface area (Å²) in [6.45, 7) is 0.721. The molecule has 0 heterocycles. The van der Waals surface area contributed by atoms with Gasteiger partial charge in [-0.25, -0.2) is 0 Å². The average molecular weight is 185 g/mol. The normalized spacial score (nSPS) is 16.3. The number of carbonyl (C=O) groups excluding carboxylic acids is 1. The van der Waals surface area contributed by atoms with Gasteiger partial charge >= 0.3 is 5.97 Å². The van der Waals surface area contributed by atoms with Crippen LogP contribution in [0.4, 0.5) is 0 Å². The van der Waals surface area contributed by atoms with Crippen LogP contribution in [0.1, 0.15) is 32.1 Å². The number of nitrogens with one attached hydrogen (secondary N) is 1. The fourth-order valence-electron chi connectivity index (χ4n) is 1.26. The van der Waals surface area contributed by atoms with Crippen molar-refractivity contribution in [1.29, 1.82) is 0 Å². The van der Waals surface area contributed by atoms with Gasteiger partial charge in [-0.3, -0.25) is 9.59 Å². The molecule has 1 rings (SSSR count). The Balaban J connectivity index is 2.00. The maximum atomic E-state index is 11.0. The highest BCUT2D eigenvalue weighted by Crippen LogP contribution is 2.25. The number of carbonyl (C=O) groups is 2. The Bertz CT molecular complexity index is 199. The number of amides is 1. The van der Waals surface area contributed by atoms with Crippen LogP contribution in [0, 0.1) is 5.92 Å². The minimum Gasteiger partial charge on any atom is -0.481 e. The van der Waals surface area contributed by atoms with Crippen molar-refractivity contribution in [3.8, 4) is 0 Å². The van der Waals surface area contributed by atoms with Gasteiger partial charge in [0, 0.05) is 13.0 Å². The van der Waals surface area contributed by atoms with Crippen molar-refractivity contribution >= 4 is 11.9 Å². The van der Waals surface area contributed by atoms with Crippen LogP contribution in [0.2, 0.25) is 0 Å². The van der Waals surface area contributed by atoms with Crippen molar-refractivity contribution in [1.82, 2.24) is 5.32 Å². The molecule has 2 N–H and O–H groups in total. The van der Waals surface area contributed by atoms with E-state index in [0.717, 1.165) is 6.54 Å². The minimum absolute atomic E-state index is 0.0729. The van der Waals surface area contributed by atoms with Gasteiger partial charge in [0.25, 0.3) is 0 Å². The van der Waals surface area contributed by atoms with E-state index in [1.165, 1.54) is 19.3 Å². The molecule has 1 amide bonds. The van der Waals surface area contributed by atoms with Crippen molar-refractivity contribution in [3.63, 3.8) is 0 Å². The van der Waals surface area contributed by atoms with Gasteiger partial charge in [0.1, 0.15) is 0 Å². The Morgan fingerprint density at radius 3 is 2.46 bits per heavy atom. The van der Waals surface area contributed by atoms with E-state index in [1.807, 2.05) is 0 Å². The highest BCUT2D eigenvalue weighted by Gasteiger charge is 2.17. The third-order valence-corrected chi connectivity index (χ3v) is 2.38. The van der Waals surface area contributed by atoms with E-state index in [9.17, 15) is 9.59 Å². The van der Waals surface area contributed by atoms with Crippen molar-refractivity contribution in [2.45, 2.75) is 32.1 Å². The zero-order valence-electron chi connectivity index (χ0n) is 7.58. The summed E-state index contributed by atoms with van der Waals surface area (Å²) in [5.74, 6) is -0.429. The summed E-state index contributed by atoms with van der Waals surface area (Å²) in [5.41, 5.74) is 0. The van der Waals surface area contributed by atoms with Crippen molar-refractivity contribution in [3.05, 3.63) is 0 Å². The van der Waals surface area contributed by atoms with E-state index in [2.05, 4.69) is 5.32 Å². The second-order valence-corrected chi connectivity index (χ2v) is 3.49. The van der Waals surface area contributed by atoms with Gasteiger partial charge in [0.05, 0.1) is 6.42 Å². The monoisotopic (exact) mass is 185 g/mol. The molecule has 4 heteroatoms. The van der Waals surface area contributed by atoms with Crippen LogP contribution >= 0.6 is 0 Å². The molecule has 0 radical (unpaired) electrons. The lowest BCUT2D eigenvalue weighted by molar-refractivity contribution is -0.138. The predicted octanol–water partition coefficient (Wildman–Crippen LogP) is 0.767. The molecule has 0 bridgehead atoms. The molecule has 0 aromatic carbocycles. The highest BCUT2D eigenvalue weighted by atomic mass is 16.4. The molecule has 0 aliphatic heterocycles. The molecule has 74 valence electrons. The number of carboxylic acids is 1. The molecule has 1 fully saturated rings. The Morgan fingerprint density at radius 2 is 2.00 bits per heavy atom. The average Bonchev–Trinajstić information content (AvgIpc) is 1.98. The minimum atomic E-state index is -0.918. The van der Waals surface area contributed by atoms with Crippen LogP contribution in [-0.4, -0.2) is 23.5 Å². The van der Waals surface area contributed by atoms with Gasteiger partial charge in [-0.2, -0.15) is 0 Å². The highest BCUT2D eigenvalue weighted by molar-refractivity contribution is 5.80. The van der Waals surface area contributed by atoms with E-state index < -0.39 is 5.97 Å². The van der Waals surface area contributed by atoms with E-state index in [-0.39, 0.29) is 18.7 Å². The zero-order valence-corrected chi connectivity index (χ0v) is 7.58. The van der Waals surface area contributed by atoms with Crippen LogP contribution in [0.25, 0.3) is 0 Å². The van der Waals surface area contributed by atoms with E-state index >= 15 is 0 Å². The first kappa shape index (κ1) is 10.0. The molecule has 13 heavy (non-hydrogen) atoms. The Hall–Kier alpha value is -1.06. The SMILES string of the molecule is O=C(O)CCC(=O)NCC1CCC1. The summed E-state index contributed by atoms with van der Waals surface area (Å²) in [4.78, 5) is 21.1. The third kappa shape index (κ3) is 3.92. The number of aliphatic carboxylic acids is 1. The first-order chi connectivity index (χ1) is 6.18. The van der Waals surface area contributed by atoms with Gasteiger partial charge in [-0.05, 0) is 18.8 Å². The van der Waals surface area contributed by atoms with Crippen LogP contribution in [0.5, 0.6) is 0 Å². The molecule has 0 atom stereocenters. The van der Waals surface area contributed by atoms with Gasteiger partial charge in [0.2, 0.25) is 5.91 Å². The Labute approximate surface area is 77.3 Å². The third-order valence-electron chi connectivity index (χ3n) is 2.38. The summed E-state index contributed by atoms with van der Waals surface area (Å²) >= 11 is 0. The lowest BCUT2D eigenvalue weighted by Crippen LogP contribution is -2.32. The topological polar surface area (TPSA) is 66.4 Å². The first-order valence-corrected chi connectivity index (χ1v) is 4.67. The fraction of sp³-hybridized carbons (Fsp3) is 0.778. The fourth-order valence-corrected chi connectivity index (χ4v) is 1.26. The van der Waals surface area contributed by atoms with Gasteiger partial charge < -0.3 is 10.4 Å². The lowest BCUT2D eigenvalue weighted by atomic mass is 9.85. The maximum absolute atomic E-state index is 11.0. The van der Waals surface area contributed by atoms with Gasteiger partial charge in [0.15, 0.2) is 0 Å². The van der Waals surface area contributed by atoms with Crippen LogP contribution in [0.15, 0.2) is 0 Å². The molecule has 0 unspecified atom stereocenters. The molecule has 1 aliphatic rings. The van der Waals surface area contributed by atoms with E-state index in [1.54, 1.807) is 0 Å². The second kappa shape index (κ2) is 4.84. The molecule has 0 spiro atoms. The quantitative estimate of drug-likeness (QED) is 0.664. The molecular formula is C9H15NO3. The first-order valence-electron chi connectivity index (χ1n) is 4.67. The van der Waals surface area contributed by atoms with Crippen LogP contribution in [0.3, 0.4) is 0 Å². The molecular weight excluding hydrogens is 170 g/mol. The summed E-state index contributed by atoms with van der Waals surface area (Å²) in [6, 6.07) is 0. The summed E-state index contributed by atoms with van der Waals surface area (Å²) in [7, 11) is 0. The van der Waals surface area contributed by atoms with Gasteiger partial charge in [-0.15, -0.1) is 0 Å². The van der Waals surface area contributed by atoms with Crippen molar-refractivity contribution in [2.75, 3.05) is 6.54 Å². The van der Waals surface area contributed by atoms with Crippen molar-refractivity contribution in [2.24, 2.45) is 5.92 Å². The molecule has 4 nitrogen and oxygen atoms in total. The summed E-state index contributed by atoms with van der Waals surface area (Å²) in [5, 5.41) is 11.1. The van der Waals surface area contributed by atoms with E-state index in [4.69, 9.17) is 5.11 Å². The van der Waals surface area contributed by atoms with Crippen LogP contribution in [-0.2, 0) is 9.59 Å². The molecule has 0 saturated heterocycles. The number of hydrogen-bond acceptors (Lipinski definition) is 2. The smallest absolute Gasteiger partial charge is 0.303 e. The molecule has 1 aliphatic carbocycles. The lowest BCUT2D eigenvalue weighted by Gasteiger charge is -2.25. The predicted molar refractivity (Wildman–Crippen MR) is 47.2 cm³/mol. The van der Waals surface area contributed by atoms with Crippen molar-refractivity contribution < 1.29 is 14.7 Å². The largest absolute Gasteiger partial charge is 0.481 e. The second-order valence-electron chi connectivity index (χ2n) is 3.49. The number of carboxylic acid groups (broad SMARTS) is 1. The molecule has 0 aromatic rings. The Kier molecular flexibility index (Phi) is 3.73. The summed E-state index contributed by atoms with van der Waals surface area (Å²) < 4.78 is 0. The molecule has 1 saturated carbocycles. The van der Waals surface area contributed by atoms with Gasteiger partial charge in [-0.1, -0.05) is 6.42 Å². The summed E-state index contributed by atoms with van der Waals surface area (Å²) in [6.07, 6.45) is 3.67.